The minimum absolute atomic E-state index is 0.0203. The van der Waals surface area contributed by atoms with Crippen LogP contribution >= 0.6 is 11.3 Å². The molecule has 0 saturated heterocycles. The second-order valence-corrected chi connectivity index (χ2v) is 6.29. The molecule has 0 unspecified atom stereocenters. The molecule has 116 valence electrons. The molecule has 0 radical (unpaired) electrons. The van der Waals surface area contributed by atoms with E-state index in [4.69, 9.17) is 0 Å². The number of hydrogen-bond donors (Lipinski definition) is 1. The van der Waals surface area contributed by atoms with Crippen molar-refractivity contribution in [1.82, 2.24) is 5.32 Å². The summed E-state index contributed by atoms with van der Waals surface area (Å²) in [7, 11) is 0. The monoisotopic (exact) mass is 321 g/mol. The van der Waals surface area contributed by atoms with Crippen molar-refractivity contribution >= 4 is 17.2 Å². The van der Waals surface area contributed by atoms with E-state index in [1.807, 2.05) is 60.0 Å². The van der Waals surface area contributed by atoms with Crippen LogP contribution in [0.4, 0.5) is 0 Å². The number of amides is 1. The Bertz CT molecular complexity index is 750. The highest BCUT2D eigenvalue weighted by Gasteiger charge is 2.13. The highest BCUT2D eigenvalue weighted by atomic mass is 32.1. The van der Waals surface area contributed by atoms with E-state index in [9.17, 15) is 4.79 Å². The maximum Gasteiger partial charge on any atom is 0.261 e. The Morgan fingerprint density at radius 1 is 0.913 bits per heavy atom. The second-order valence-electron chi connectivity index (χ2n) is 5.37. The fraction of sp³-hybridized carbons (Fsp3) is 0.150. The summed E-state index contributed by atoms with van der Waals surface area (Å²) in [5, 5.41) is 5.01. The van der Waals surface area contributed by atoms with Gasteiger partial charge in [-0.15, -0.1) is 11.3 Å². The Morgan fingerprint density at radius 3 is 2.35 bits per heavy atom. The SMILES string of the molecule is O=C(NCCCc1ccccc1)c1sccc1-c1ccccc1. The van der Waals surface area contributed by atoms with Crippen LogP contribution in [0.1, 0.15) is 21.7 Å². The highest BCUT2D eigenvalue weighted by Crippen LogP contribution is 2.27. The Hall–Kier alpha value is -2.39. The van der Waals surface area contributed by atoms with Gasteiger partial charge < -0.3 is 5.32 Å². The normalized spacial score (nSPS) is 10.4. The molecule has 0 bridgehead atoms. The molecule has 3 rings (SSSR count). The second kappa shape index (κ2) is 7.75. The fourth-order valence-electron chi connectivity index (χ4n) is 2.55. The lowest BCUT2D eigenvalue weighted by Crippen LogP contribution is -2.24. The summed E-state index contributed by atoms with van der Waals surface area (Å²) in [6, 6.07) is 22.4. The summed E-state index contributed by atoms with van der Waals surface area (Å²) in [4.78, 5) is 13.2. The average molecular weight is 321 g/mol. The molecule has 3 heteroatoms. The average Bonchev–Trinajstić information content (AvgIpc) is 3.10. The van der Waals surface area contributed by atoms with Crippen LogP contribution in [0.15, 0.2) is 72.1 Å². The summed E-state index contributed by atoms with van der Waals surface area (Å²) in [6.07, 6.45) is 1.93. The van der Waals surface area contributed by atoms with Gasteiger partial charge in [0.05, 0.1) is 4.88 Å². The van der Waals surface area contributed by atoms with Crippen molar-refractivity contribution in [3.05, 3.63) is 82.6 Å². The summed E-state index contributed by atoms with van der Waals surface area (Å²) < 4.78 is 0. The van der Waals surface area contributed by atoms with E-state index in [1.54, 1.807) is 0 Å². The third-order valence-electron chi connectivity index (χ3n) is 3.73. The quantitative estimate of drug-likeness (QED) is 0.651. The van der Waals surface area contributed by atoms with Gasteiger partial charge in [0.1, 0.15) is 0 Å². The lowest BCUT2D eigenvalue weighted by atomic mass is 10.1. The molecular formula is C20H19NOS. The summed E-state index contributed by atoms with van der Waals surface area (Å²) in [5.41, 5.74) is 3.40. The van der Waals surface area contributed by atoms with E-state index in [1.165, 1.54) is 16.9 Å². The molecule has 0 aliphatic carbocycles. The van der Waals surface area contributed by atoms with Gasteiger partial charge in [0.25, 0.3) is 5.91 Å². The van der Waals surface area contributed by atoms with Gasteiger partial charge in [0, 0.05) is 12.1 Å². The first-order chi connectivity index (χ1) is 11.3. The van der Waals surface area contributed by atoms with Gasteiger partial charge in [-0.25, -0.2) is 0 Å². The number of carbonyl (C=O) groups is 1. The van der Waals surface area contributed by atoms with Crippen LogP contribution in [0.3, 0.4) is 0 Å². The van der Waals surface area contributed by atoms with Crippen LogP contribution in [0.2, 0.25) is 0 Å². The van der Waals surface area contributed by atoms with Crippen molar-refractivity contribution in [1.29, 1.82) is 0 Å². The molecule has 1 amide bonds. The molecule has 1 heterocycles. The van der Waals surface area contributed by atoms with Crippen LogP contribution in [0, 0.1) is 0 Å². The van der Waals surface area contributed by atoms with Crippen molar-refractivity contribution in [3.8, 4) is 11.1 Å². The smallest absolute Gasteiger partial charge is 0.261 e. The standard InChI is InChI=1S/C20H19NOS/c22-20(21-14-7-10-16-8-3-1-4-9-16)19-18(13-15-23-19)17-11-5-2-6-12-17/h1-6,8-9,11-13,15H,7,10,14H2,(H,21,22). The Morgan fingerprint density at radius 2 is 1.61 bits per heavy atom. The number of thiophene rings is 1. The van der Waals surface area contributed by atoms with Crippen LogP contribution < -0.4 is 5.32 Å². The van der Waals surface area contributed by atoms with Crippen molar-refractivity contribution < 1.29 is 4.79 Å². The van der Waals surface area contributed by atoms with Gasteiger partial charge >= 0.3 is 0 Å². The number of hydrogen-bond acceptors (Lipinski definition) is 2. The maximum absolute atomic E-state index is 12.4. The van der Waals surface area contributed by atoms with Gasteiger partial charge in [-0.05, 0) is 35.4 Å². The molecule has 1 N–H and O–H groups in total. The predicted octanol–water partition coefficient (Wildman–Crippen LogP) is 4.78. The predicted molar refractivity (Wildman–Crippen MR) is 96.9 cm³/mol. The van der Waals surface area contributed by atoms with Gasteiger partial charge in [-0.2, -0.15) is 0 Å². The minimum atomic E-state index is 0.0203. The van der Waals surface area contributed by atoms with E-state index in [2.05, 4.69) is 17.4 Å². The van der Waals surface area contributed by atoms with Gasteiger partial charge in [0.2, 0.25) is 0 Å². The highest BCUT2D eigenvalue weighted by molar-refractivity contribution is 7.12. The van der Waals surface area contributed by atoms with Crippen LogP contribution in [0.25, 0.3) is 11.1 Å². The number of rotatable bonds is 6. The van der Waals surface area contributed by atoms with Gasteiger partial charge in [-0.1, -0.05) is 60.7 Å². The zero-order valence-corrected chi connectivity index (χ0v) is 13.7. The molecule has 0 atom stereocenters. The van der Waals surface area contributed by atoms with E-state index >= 15 is 0 Å². The van der Waals surface area contributed by atoms with Gasteiger partial charge in [-0.3, -0.25) is 4.79 Å². The lowest BCUT2D eigenvalue weighted by Gasteiger charge is -2.06. The van der Waals surface area contributed by atoms with Crippen LogP contribution in [-0.2, 0) is 6.42 Å². The number of carbonyl (C=O) groups excluding carboxylic acids is 1. The van der Waals surface area contributed by atoms with Gasteiger partial charge in [0.15, 0.2) is 0 Å². The largest absolute Gasteiger partial charge is 0.351 e. The molecule has 23 heavy (non-hydrogen) atoms. The van der Waals surface area contributed by atoms with Crippen molar-refractivity contribution in [3.63, 3.8) is 0 Å². The molecular weight excluding hydrogens is 302 g/mol. The Labute approximate surface area is 140 Å². The molecule has 0 spiro atoms. The third-order valence-corrected chi connectivity index (χ3v) is 4.64. The summed E-state index contributed by atoms with van der Waals surface area (Å²) in [5.74, 6) is 0.0203. The van der Waals surface area contributed by atoms with Crippen molar-refractivity contribution in [2.75, 3.05) is 6.54 Å². The summed E-state index contributed by atoms with van der Waals surface area (Å²) in [6.45, 7) is 0.694. The zero-order chi connectivity index (χ0) is 15.9. The van der Waals surface area contributed by atoms with Crippen molar-refractivity contribution in [2.45, 2.75) is 12.8 Å². The molecule has 0 aliphatic heterocycles. The Kier molecular flexibility index (Phi) is 5.22. The topological polar surface area (TPSA) is 29.1 Å². The fourth-order valence-corrected chi connectivity index (χ4v) is 3.38. The molecule has 2 nitrogen and oxygen atoms in total. The molecule has 2 aromatic carbocycles. The van der Waals surface area contributed by atoms with E-state index in [0.29, 0.717) is 6.54 Å². The first kappa shape index (κ1) is 15.5. The maximum atomic E-state index is 12.4. The first-order valence-corrected chi connectivity index (χ1v) is 8.67. The minimum Gasteiger partial charge on any atom is -0.351 e. The lowest BCUT2D eigenvalue weighted by molar-refractivity contribution is 0.0958. The molecule has 1 aromatic heterocycles. The molecule has 0 aliphatic rings. The number of benzene rings is 2. The molecule has 0 fully saturated rings. The van der Waals surface area contributed by atoms with Crippen molar-refractivity contribution in [2.24, 2.45) is 0 Å². The molecule has 0 saturated carbocycles. The Balaban J connectivity index is 1.56. The van der Waals surface area contributed by atoms with Crippen LogP contribution in [0.5, 0.6) is 0 Å². The third kappa shape index (κ3) is 4.08. The zero-order valence-electron chi connectivity index (χ0n) is 12.9. The molecule has 3 aromatic rings. The first-order valence-electron chi connectivity index (χ1n) is 7.79. The summed E-state index contributed by atoms with van der Waals surface area (Å²) >= 11 is 1.49. The van der Waals surface area contributed by atoms with E-state index in [-0.39, 0.29) is 5.91 Å². The van der Waals surface area contributed by atoms with E-state index < -0.39 is 0 Å². The van der Waals surface area contributed by atoms with Crippen LogP contribution in [-0.4, -0.2) is 12.5 Å². The number of nitrogens with one attached hydrogen (secondary N) is 1. The number of aryl methyl sites for hydroxylation is 1. The van der Waals surface area contributed by atoms with E-state index in [0.717, 1.165) is 28.8 Å².